The highest BCUT2D eigenvalue weighted by molar-refractivity contribution is 7.94. The highest BCUT2D eigenvalue weighted by atomic mass is 32.2. The predicted octanol–water partition coefficient (Wildman–Crippen LogP) is 3.43. The monoisotopic (exact) mass is 460 g/mol. The molecule has 1 fully saturated rings. The largest absolute Gasteiger partial charge is 0.386 e. The molecule has 2 aliphatic heterocycles. The number of rotatable bonds is 4. The normalized spacial score (nSPS) is 28.8. The number of benzene rings is 1. The molecule has 6 nitrogen and oxygen atoms in total. The number of aromatic nitrogens is 1. The second kappa shape index (κ2) is 7.45. The summed E-state index contributed by atoms with van der Waals surface area (Å²) in [6, 6.07) is 8.37. The maximum atomic E-state index is 14.9. The van der Waals surface area contributed by atoms with Gasteiger partial charge in [-0.2, -0.15) is 5.26 Å². The first kappa shape index (κ1) is 22.0. The molecule has 0 radical (unpaired) electrons. The van der Waals surface area contributed by atoms with Gasteiger partial charge < -0.3 is 5.73 Å². The number of nitrogens with zero attached hydrogens (tertiary/aromatic N) is 3. The first-order valence-corrected chi connectivity index (χ1v) is 11.3. The van der Waals surface area contributed by atoms with Crippen molar-refractivity contribution in [2.45, 2.75) is 35.3 Å². The van der Waals surface area contributed by atoms with Gasteiger partial charge in [0.1, 0.15) is 35.8 Å². The van der Waals surface area contributed by atoms with Gasteiger partial charge in [-0.25, -0.2) is 21.6 Å². The van der Waals surface area contributed by atoms with E-state index in [9.17, 15) is 21.6 Å². The van der Waals surface area contributed by atoms with Crippen molar-refractivity contribution in [3.8, 4) is 6.07 Å². The van der Waals surface area contributed by atoms with Gasteiger partial charge in [-0.15, -0.1) is 0 Å². The zero-order valence-corrected chi connectivity index (χ0v) is 17.8. The van der Waals surface area contributed by atoms with Gasteiger partial charge in [0.15, 0.2) is 14.6 Å². The minimum absolute atomic E-state index is 0.0212. The molecular weight excluding hydrogens is 441 g/mol. The van der Waals surface area contributed by atoms with Crippen LogP contribution in [0.3, 0.4) is 0 Å². The third-order valence-electron chi connectivity index (χ3n) is 6.36. The van der Waals surface area contributed by atoms with Gasteiger partial charge in [-0.3, -0.25) is 9.98 Å². The van der Waals surface area contributed by atoms with Crippen molar-refractivity contribution < 1.29 is 21.6 Å². The van der Waals surface area contributed by atoms with E-state index < -0.39 is 43.7 Å². The summed E-state index contributed by atoms with van der Waals surface area (Å²) >= 11 is 0. The third kappa shape index (κ3) is 3.03. The average molecular weight is 460 g/mol. The van der Waals surface area contributed by atoms with Crippen molar-refractivity contribution in [3.05, 3.63) is 64.7 Å². The van der Waals surface area contributed by atoms with E-state index in [0.717, 1.165) is 12.1 Å². The van der Waals surface area contributed by atoms with Crippen LogP contribution < -0.4 is 5.73 Å². The number of amidine groups is 1. The van der Waals surface area contributed by atoms with E-state index in [1.165, 1.54) is 37.4 Å². The maximum absolute atomic E-state index is 14.9. The van der Waals surface area contributed by atoms with Crippen LogP contribution >= 0.6 is 0 Å². The van der Waals surface area contributed by atoms with E-state index in [-0.39, 0.29) is 41.1 Å². The highest BCUT2D eigenvalue weighted by Crippen LogP contribution is 2.51. The second-order valence-electron chi connectivity index (χ2n) is 8.12. The fraction of sp³-hybridized carbons (Fsp3) is 0.318. The van der Waals surface area contributed by atoms with Gasteiger partial charge in [0.05, 0.1) is 16.5 Å². The molecule has 1 saturated heterocycles. The molecule has 3 atom stereocenters. The number of hydrogen-bond donors (Lipinski definition) is 1. The number of aliphatic imine (C=N–C) groups is 1. The fourth-order valence-corrected chi connectivity index (χ4v) is 7.15. The van der Waals surface area contributed by atoms with Crippen LogP contribution in [0, 0.1) is 17.1 Å². The van der Waals surface area contributed by atoms with E-state index in [1.807, 2.05) is 6.07 Å². The molecule has 2 aromatic rings. The number of alkyl halides is 1. The standard InChI is InChI=1S/C22H19F3N4O2S/c1-21(19-6-7-22(12-23,20(27)29-21)32(19,30)31)15-8-13(2-4-16(15)24)9-17(25)18-5-3-14(10-26)11-28-18/h2-5,8-9,11,19H,6-7,12H2,1H3,(H2,27,29)/b17-9-/t19-,21+,22-/m0/s1. The van der Waals surface area contributed by atoms with Crippen molar-refractivity contribution in [3.63, 3.8) is 0 Å². The summed E-state index contributed by atoms with van der Waals surface area (Å²) in [5.41, 5.74) is 4.76. The molecule has 32 heavy (non-hydrogen) atoms. The second-order valence-corrected chi connectivity index (χ2v) is 10.6. The molecule has 2 N–H and O–H groups in total. The number of nitriles is 1. The van der Waals surface area contributed by atoms with Crippen LogP contribution in [-0.4, -0.2) is 35.9 Å². The molecule has 0 unspecified atom stereocenters. The Morgan fingerprint density at radius 3 is 2.75 bits per heavy atom. The van der Waals surface area contributed by atoms with Crippen molar-refractivity contribution in [1.29, 1.82) is 5.26 Å². The molecular formula is C22H19F3N4O2S. The van der Waals surface area contributed by atoms with Crippen molar-refractivity contribution in [1.82, 2.24) is 4.98 Å². The van der Waals surface area contributed by atoms with Gasteiger partial charge in [0, 0.05) is 11.8 Å². The van der Waals surface area contributed by atoms with Crippen LogP contribution in [0.2, 0.25) is 0 Å². The Labute approximate surface area is 183 Å². The smallest absolute Gasteiger partial charge is 0.171 e. The topological polar surface area (TPSA) is 109 Å². The zero-order valence-electron chi connectivity index (χ0n) is 17.0. The SMILES string of the molecule is C[C@]1(c2cc(/C=C(\F)c3ccc(C#N)cn3)ccc2F)N=C(N)[C@@]2(CF)CC[C@@H]1S2(=O)=O. The quantitative estimate of drug-likeness (QED) is 0.752. The summed E-state index contributed by atoms with van der Waals surface area (Å²) in [7, 11) is -4.07. The summed E-state index contributed by atoms with van der Waals surface area (Å²) < 4.78 is 67.7. The molecule has 1 aromatic heterocycles. The lowest BCUT2D eigenvalue weighted by Gasteiger charge is -2.39. The molecule has 0 spiro atoms. The molecule has 0 aliphatic carbocycles. The Bertz CT molecular complexity index is 1300. The van der Waals surface area contributed by atoms with Crippen LogP contribution in [0.5, 0.6) is 0 Å². The van der Waals surface area contributed by atoms with Crippen LogP contribution in [-0.2, 0) is 15.4 Å². The van der Waals surface area contributed by atoms with Crippen molar-refractivity contribution in [2.75, 3.05) is 6.67 Å². The van der Waals surface area contributed by atoms with Gasteiger partial charge in [0.25, 0.3) is 0 Å². The summed E-state index contributed by atoms with van der Waals surface area (Å²) in [6.45, 7) is 0.255. The van der Waals surface area contributed by atoms with Crippen LogP contribution in [0.25, 0.3) is 11.9 Å². The molecule has 2 bridgehead atoms. The minimum Gasteiger partial charge on any atom is -0.386 e. The minimum atomic E-state index is -4.07. The molecule has 1 aromatic carbocycles. The fourth-order valence-electron chi connectivity index (χ4n) is 4.50. The van der Waals surface area contributed by atoms with Crippen molar-refractivity contribution >= 4 is 27.6 Å². The number of nitrogens with two attached hydrogens (primary N) is 1. The Morgan fingerprint density at radius 2 is 2.12 bits per heavy atom. The molecule has 4 rings (SSSR count). The molecule has 0 amide bonds. The van der Waals surface area contributed by atoms with Gasteiger partial charge in [0.2, 0.25) is 0 Å². The van der Waals surface area contributed by atoms with E-state index in [2.05, 4.69) is 9.98 Å². The van der Waals surface area contributed by atoms with Gasteiger partial charge in [-0.05, 0) is 55.7 Å². The Morgan fingerprint density at radius 1 is 1.38 bits per heavy atom. The number of hydrogen-bond acceptors (Lipinski definition) is 6. The van der Waals surface area contributed by atoms with Crippen molar-refractivity contribution in [2.24, 2.45) is 10.7 Å². The van der Waals surface area contributed by atoms with E-state index in [1.54, 1.807) is 0 Å². The first-order chi connectivity index (χ1) is 15.1. The Balaban J connectivity index is 1.80. The number of fused-ring (bicyclic) bond motifs is 2. The van der Waals surface area contributed by atoms with E-state index in [4.69, 9.17) is 11.0 Å². The molecule has 0 saturated carbocycles. The zero-order chi connectivity index (χ0) is 23.3. The molecule has 10 heteroatoms. The highest BCUT2D eigenvalue weighted by Gasteiger charge is 2.65. The van der Waals surface area contributed by atoms with Gasteiger partial charge in [-0.1, -0.05) is 6.07 Å². The molecule has 3 heterocycles. The average Bonchev–Trinajstić information content (AvgIpc) is 2.98. The third-order valence-corrected chi connectivity index (χ3v) is 9.41. The number of pyridine rings is 1. The molecule has 166 valence electrons. The first-order valence-electron chi connectivity index (χ1n) is 9.78. The van der Waals surface area contributed by atoms with E-state index in [0.29, 0.717) is 0 Å². The van der Waals surface area contributed by atoms with Crippen LogP contribution in [0.4, 0.5) is 13.2 Å². The van der Waals surface area contributed by atoms with Crippen LogP contribution in [0.1, 0.15) is 42.1 Å². The Hall–Kier alpha value is -3.19. The van der Waals surface area contributed by atoms with Gasteiger partial charge >= 0.3 is 0 Å². The molecule has 2 aliphatic rings. The predicted molar refractivity (Wildman–Crippen MR) is 114 cm³/mol. The lowest BCUT2D eigenvalue weighted by molar-refractivity contribution is 0.415. The lowest BCUT2D eigenvalue weighted by Crippen LogP contribution is -2.58. The Kier molecular flexibility index (Phi) is 5.12. The lowest BCUT2D eigenvalue weighted by atomic mass is 9.86. The summed E-state index contributed by atoms with van der Waals surface area (Å²) in [4.78, 5) is 8.16. The maximum Gasteiger partial charge on any atom is 0.171 e. The summed E-state index contributed by atoms with van der Waals surface area (Å²) in [6.07, 6.45) is 2.39. The van der Waals surface area contributed by atoms with Crippen LogP contribution in [0.15, 0.2) is 41.5 Å². The summed E-state index contributed by atoms with van der Waals surface area (Å²) in [5, 5.41) is 7.67. The van der Waals surface area contributed by atoms with E-state index >= 15 is 0 Å². The number of halogens is 3. The summed E-state index contributed by atoms with van der Waals surface area (Å²) in [5.74, 6) is -1.83. The number of sulfone groups is 1.